The molecule has 0 saturated heterocycles. The van der Waals surface area contributed by atoms with Crippen LogP contribution in [-0.2, 0) is 6.42 Å². The Morgan fingerprint density at radius 2 is 1.00 bits per heavy atom. The molecule has 1 aliphatic carbocycles. The summed E-state index contributed by atoms with van der Waals surface area (Å²) in [7, 11) is 0. The summed E-state index contributed by atoms with van der Waals surface area (Å²) in [5.41, 5.74) is 10.6. The van der Waals surface area contributed by atoms with E-state index in [0.29, 0.717) is 0 Å². The molecule has 0 fully saturated rings. The van der Waals surface area contributed by atoms with Gasteiger partial charge in [-0.05, 0) is 103 Å². The molecule has 0 saturated carbocycles. The average Bonchev–Trinajstić information content (AvgIpc) is 3.45. The van der Waals surface area contributed by atoms with Gasteiger partial charge in [0.25, 0.3) is 0 Å². The van der Waals surface area contributed by atoms with Crippen LogP contribution in [0, 0.1) is 0 Å². The predicted octanol–water partition coefficient (Wildman–Crippen LogP) is 12.1. The molecule has 0 unspecified atom stereocenters. The molecule has 9 rings (SSSR count). The highest BCUT2D eigenvalue weighted by atomic mass is 32.1. The lowest BCUT2D eigenvalue weighted by Gasteiger charge is -2.20. The Morgan fingerprint density at radius 3 is 1.74 bits per heavy atom. The molecule has 1 heterocycles. The van der Waals surface area contributed by atoms with Crippen LogP contribution >= 0.6 is 11.3 Å². The minimum Gasteiger partial charge on any atom is -0.135 e. The highest BCUT2D eigenvalue weighted by Gasteiger charge is 2.19. The lowest BCUT2D eigenvalue weighted by atomic mass is 9.83. The number of thiophene rings is 1. The van der Waals surface area contributed by atoms with E-state index in [9.17, 15) is 0 Å². The van der Waals surface area contributed by atoms with Gasteiger partial charge in [-0.25, -0.2) is 0 Å². The van der Waals surface area contributed by atoms with Gasteiger partial charge < -0.3 is 0 Å². The van der Waals surface area contributed by atoms with Crippen molar-refractivity contribution < 1.29 is 0 Å². The first-order valence-corrected chi connectivity index (χ1v) is 15.9. The summed E-state index contributed by atoms with van der Waals surface area (Å²) >= 11 is 1.88. The number of rotatable bonds is 3. The Kier molecular flexibility index (Phi) is 5.61. The van der Waals surface area contributed by atoms with Gasteiger partial charge in [0.15, 0.2) is 0 Å². The lowest BCUT2D eigenvalue weighted by Crippen LogP contribution is -2.00. The lowest BCUT2D eigenvalue weighted by molar-refractivity contribution is 0.978. The number of benzene rings is 7. The average molecular weight is 565 g/mol. The van der Waals surface area contributed by atoms with Gasteiger partial charge in [0, 0.05) is 20.2 Å². The van der Waals surface area contributed by atoms with E-state index in [0.717, 1.165) is 12.8 Å². The molecule has 43 heavy (non-hydrogen) atoms. The van der Waals surface area contributed by atoms with Gasteiger partial charge in [-0.15, -0.1) is 11.3 Å². The third kappa shape index (κ3) is 3.89. The topological polar surface area (TPSA) is 0 Å². The van der Waals surface area contributed by atoms with Gasteiger partial charge in [-0.2, -0.15) is 0 Å². The maximum atomic E-state index is 2.42. The van der Waals surface area contributed by atoms with Gasteiger partial charge in [-0.1, -0.05) is 121 Å². The van der Waals surface area contributed by atoms with Crippen molar-refractivity contribution in [3.8, 4) is 22.3 Å². The van der Waals surface area contributed by atoms with Crippen LogP contribution < -0.4 is 0 Å². The van der Waals surface area contributed by atoms with Crippen LogP contribution in [0.5, 0.6) is 0 Å². The first-order chi connectivity index (χ1) is 21.3. The second-order valence-electron chi connectivity index (χ2n) is 11.5. The molecule has 0 aliphatic heterocycles. The summed E-state index contributed by atoms with van der Waals surface area (Å²) in [5.74, 6) is 0. The molecule has 0 radical (unpaired) electrons. The molecule has 7 aromatic carbocycles. The SMILES string of the molecule is C1=C(c2cccc(-c3c4ccccc4c(-c4ccc5sc6ccccc6c5c4)c4ccccc34)c2)c2ccccc2CC1. The van der Waals surface area contributed by atoms with Crippen LogP contribution in [0.15, 0.2) is 146 Å². The molecule has 202 valence electrons. The standard InChI is InChI=1S/C42H28S/c1-2-15-31-27(11-1)12-10-21-32(31)28-13-9-14-29(25-28)41-34-17-3-5-19-36(34)42(37-20-6-4-18-35(37)41)30-23-24-40-38(26-30)33-16-7-8-22-39(33)43-40/h1-9,11,13-26H,10,12H2. The summed E-state index contributed by atoms with van der Waals surface area (Å²) in [4.78, 5) is 0. The fraction of sp³-hybridized carbons (Fsp3) is 0.0476. The van der Waals surface area contributed by atoms with Crippen molar-refractivity contribution >= 4 is 58.6 Å². The van der Waals surface area contributed by atoms with Crippen molar-refractivity contribution in [1.82, 2.24) is 0 Å². The van der Waals surface area contributed by atoms with Crippen LogP contribution in [0.25, 0.3) is 69.5 Å². The van der Waals surface area contributed by atoms with E-state index >= 15 is 0 Å². The number of allylic oxidation sites excluding steroid dienone is 1. The van der Waals surface area contributed by atoms with Crippen molar-refractivity contribution in [2.45, 2.75) is 12.8 Å². The van der Waals surface area contributed by atoms with Crippen LogP contribution in [-0.4, -0.2) is 0 Å². The largest absolute Gasteiger partial charge is 0.135 e. The number of hydrogen-bond acceptors (Lipinski definition) is 1. The summed E-state index contributed by atoms with van der Waals surface area (Å²) in [6, 6.07) is 51.9. The summed E-state index contributed by atoms with van der Waals surface area (Å²) in [6.07, 6.45) is 4.62. The van der Waals surface area contributed by atoms with Crippen molar-refractivity contribution in [3.05, 3.63) is 162 Å². The van der Waals surface area contributed by atoms with Gasteiger partial charge in [-0.3, -0.25) is 0 Å². The smallest absolute Gasteiger partial charge is 0.0355 e. The number of aryl methyl sites for hydroxylation is 1. The van der Waals surface area contributed by atoms with E-state index in [4.69, 9.17) is 0 Å². The third-order valence-corrected chi connectivity index (χ3v) is 10.3. The Morgan fingerprint density at radius 1 is 0.419 bits per heavy atom. The van der Waals surface area contributed by atoms with Crippen molar-refractivity contribution in [1.29, 1.82) is 0 Å². The third-order valence-electron chi connectivity index (χ3n) is 9.13. The van der Waals surface area contributed by atoms with E-state index in [1.807, 2.05) is 11.3 Å². The fourth-order valence-corrected chi connectivity index (χ4v) is 8.32. The predicted molar refractivity (Wildman–Crippen MR) is 187 cm³/mol. The second kappa shape index (κ2) is 9.80. The van der Waals surface area contributed by atoms with E-state index in [2.05, 4.69) is 146 Å². The molecule has 0 amide bonds. The quantitative estimate of drug-likeness (QED) is 0.187. The summed E-state index contributed by atoms with van der Waals surface area (Å²) in [6.45, 7) is 0. The molecule has 0 spiro atoms. The van der Waals surface area contributed by atoms with Gasteiger partial charge in [0.05, 0.1) is 0 Å². The number of hydrogen-bond donors (Lipinski definition) is 0. The maximum Gasteiger partial charge on any atom is 0.0355 e. The molecule has 1 aliphatic rings. The molecule has 0 N–H and O–H groups in total. The van der Waals surface area contributed by atoms with Crippen molar-refractivity contribution in [2.24, 2.45) is 0 Å². The Balaban J connectivity index is 1.30. The first-order valence-electron chi connectivity index (χ1n) is 15.1. The molecule has 1 aromatic heterocycles. The van der Waals surface area contributed by atoms with Gasteiger partial charge in [0.2, 0.25) is 0 Å². The van der Waals surface area contributed by atoms with Crippen LogP contribution in [0.4, 0.5) is 0 Å². The van der Waals surface area contributed by atoms with E-state index in [1.54, 1.807) is 0 Å². The number of fused-ring (bicyclic) bond motifs is 6. The van der Waals surface area contributed by atoms with E-state index < -0.39 is 0 Å². The molecule has 8 aromatic rings. The zero-order chi connectivity index (χ0) is 28.3. The molecular weight excluding hydrogens is 537 g/mol. The van der Waals surface area contributed by atoms with Crippen LogP contribution in [0.2, 0.25) is 0 Å². The first kappa shape index (κ1) is 24.6. The molecular formula is C42H28S. The molecule has 1 heteroatoms. The Hall–Kier alpha value is -4.98. The Bertz CT molecular complexity index is 2340. The zero-order valence-electron chi connectivity index (χ0n) is 23.7. The Labute approximate surface area is 255 Å². The highest BCUT2D eigenvalue weighted by molar-refractivity contribution is 7.25. The minimum atomic E-state index is 1.08. The summed E-state index contributed by atoms with van der Waals surface area (Å²) in [5, 5.41) is 7.85. The minimum absolute atomic E-state index is 1.08. The van der Waals surface area contributed by atoms with Crippen LogP contribution in [0.3, 0.4) is 0 Å². The van der Waals surface area contributed by atoms with Gasteiger partial charge in [0.1, 0.15) is 0 Å². The van der Waals surface area contributed by atoms with Crippen molar-refractivity contribution in [2.75, 3.05) is 0 Å². The molecule has 0 bridgehead atoms. The second-order valence-corrected chi connectivity index (χ2v) is 12.6. The van der Waals surface area contributed by atoms with E-state index in [-0.39, 0.29) is 0 Å². The van der Waals surface area contributed by atoms with Gasteiger partial charge >= 0.3 is 0 Å². The van der Waals surface area contributed by atoms with Crippen LogP contribution in [0.1, 0.15) is 23.1 Å². The fourth-order valence-electron chi connectivity index (χ4n) is 7.23. The maximum absolute atomic E-state index is 2.42. The van der Waals surface area contributed by atoms with Crippen molar-refractivity contribution in [3.63, 3.8) is 0 Å². The monoisotopic (exact) mass is 564 g/mol. The normalized spacial score (nSPS) is 13.1. The molecule has 0 atom stereocenters. The highest BCUT2D eigenvalue weighted by Crippen LogP contribution is 2.46. The summed E-state index contributed by atoms with van der Waals surface area (Å²) < 4.78 is 2.68. The zero-order valence-corrected chi connectivity index (χ0v) is 24.5. The molecule has 0 nitrogen and oxygen atoms in total. The van der Waals surface area contributed by atoms with E-state index in [1.165, 1.54) is 86.2 Å².